The monoisotopic (exact) mass is 233 g/mol. The van der Waals surface area contributed by atoms with E-state index in [2.05, 4.69) is 12.2 Å². The molecule has 1 atom stereocenters. The lowest BCUT2D eigenvalue weighted by molar-refractivity contribution is 0.0945. The molecule has 0 saturated heterocycles. The second kappa shape index (κ2) is 5.32. The molecule has 17 heavy (non-hydrogen) atoms. The van der Waals surface area contributed by atoms with Gasteiger partial charge in [0.1, 0.15) is 0 Å². The van der Waals surface area contributed by atoms with Crippen molar-refractivity contribution in [2.24, 2.45) is 0 Å². The van der Waals surface area contributed by atoms with Gasteiger partial charge < -0.3 is 10.4 Å². The number of carbonyl (C=O) groups excluding carboxylic acids is 1. The summed E-state index contributed by atoms with van der Waals surface area (Å²) in [6.07, 6.45) is 3.27. The number of unbranched alkanes of at least 4 members (excludes halogenated alkanes) is 1. The number of hydrogen-bond donors (Lipinski definition) is 2. The molecule has 0 radical (unpaired) electrons. The molecule has 1 unspecified atom stereocenters. The van der Waals surface area contributed by atoms with Crippen molar-refractivity contribution in [2.45, 2.75) is 38.7 Å². The van der Waals surface area contributed by atoms with Crippen LogP contribution in [0.2, 0.25) is 0 Å². The molecule has 0 aromatic heterocycles. The third-order valence-electron chi connectivity index (χ3n) is 3.27. The third kappa shape index (κ3) is 2.67. The molecule has 0 spiro atoms. The summed E-state index contributed by atoms with van der Waals surface area (Å²) < 4.78 is 0. The lowest BCUT2D eigenvalue weighted by atomic mass is 9.94. The van der Waals surface area contributed by atoms with Crippen LogP contribution in [-0.2, 0) is 6.42 Å². The Labute approximate surface area is 102 Å². The van der Waals surface area contributed by atoms with Crippen molar-refractivity contribution in [3.63, 3.8) is 0 Å². The van der Waals surface area contributed by atoms with Crippen molar-refractivity contribution in [3.8, 4) is 0 Å². The van der Waals surface area contributed by atoms with E-state index < -0.39 is 6.10 Å². The molecule has 3 nitrogen and oxygen atoms in total. The van der Waals surface area contributed by atoms with E-state index in [4.69, 9.17) is 0 Å². The maximum absolute atomic E-state index is 11.7. The van der Waals surface area contributed by atoms with Crippen molar-refractivity contribution in [1.29, 1.82) is 0 Å². The Morgan fingerprint density at radius 2 is 2.29 bits per heavy atom. The van der Waals surface area contributed by atoms with E-state index in [-0.39, 0.29) is 5.91 Å². The van der Waals surface area contributed by atoms with Crippen LogP contribution >= 0.6 is 0 Å². The Bertz CT molecular complexity index is 415. The fourth-order valence-corrected chi connectivity index (χ4v) is 2.20. The topological polar surface area (TPSA) is 49.3 Å². The van der Waals surface area contributed by atoms with Crippen molar-refractivity contribution in [2.75, 3.05) is 6.54 Å². The number of aliphatic hydroxyl groups is 1. The predicted molar refractivity (Wildman–Crippen MR) is 67.0 cm³/mol. The highest BCUT2D eigenvalue weighted by Gasteiger charge is 2.18. The standard InChI is InChI=1S/C14H19NO2/c1-2-3-4-13(16)11-6-5-10-7-8-15-14(17)12(10)9-11/h5-6,9,13,16H,2-4,7-8H2,1H3,(H,15,17). The van der Waals surface area contributed by atoms with Crippen LogP contribution in [0.15, 0.2) is 18.2 Å². The summed E-state index contributed by atoms with van der Waals surface area (Å²) in [6, 6.07) is 5.75. The fraction of sp³-hybridized carbons (Fsp3) is 0.500. The lowest BCUT2D eigenvalue weighted by Crippen LogP contribution is -2.31. The van der Waals surface area contributed by atoms with Gasteiger partial charge in [0.2, 0.25) is 0 Å². The number of fused-ring (bicyclic) bond motifs is 1. The van der Waals surface area contributed by atoms with E-state index in [9.17, 15) is 9.90 Å². The molecule has 92 valence electrons. The molecule has 0 aliphatic carbocycles. The Morgan fingerprint density at radius 3 is 3.06 bits per heavy atom. The minimum absolute atomic E-state index is 0.0178. The van der Waals surface area contributed by atoms with Gasteiger partial charge >= 0.3 is 0 Å². The highest BCUT2D eigenvalue weighted by atomic mass is 16.3. The first kappa shape index (κ1) is 12.1. The van der Waals surface area contributed by atoms with E-state index >= 15 is 0 Å². The minimum atomic E-state index is -0.449. The molecule has 1 aliphatic rings. The Balaban J connectivity index is 2.20. The zero-order valence-corrected chi connectivity index (χ0v) is 10.2. The van der Waals surface area contributed by atoms with E-state index in [0.29, 0.717) is 6.54 Å². The van der Waals surface area contributed by atoms with Crippen LogP contribution < -0.4 is 5.32 Å². The van der Waals surface area contributed by atoms with E-state index in [0.717, 1.165) is 42.4 Å². The summed E-state index contributed by atoms with van der Waals surface area (Å²) in [5.74, 6) is -0.0178. The molecule has 1 heterocycles. The molecule has 1 aliphatic heterocycles. The SMILES string of the molecule is CCCCC(O)c1ccc2c(c1)C(=O)NCC2. The second-order valence-electron chi connectivity index (χ2n) is 4.58. The molecule has 0 fully saturated rings. The summed E-state index contributed by atoms with van der Waals surface area (Å²) in [6.45, 7) is 2.82. The molecule has 1 aromatic rings. The predicted octanol–water partition coefficient (Wildman–Crippen LogP) is 2.20. The number of amides is 1. The number of carbonyl (C=O) groups is 1. The molecule has 1 aromatic carbocycles. The molecular weight excluding hydrogens is 214 g/mol. The Hall–Kier alpha value is -1.35. The van der Waals surface area contributed by atoms with Crippen LogP contribution in [0.5, 0.6) is 0 Å². The molecular formula is C14H19NO2. The van der Waals surface area contributed by atoms with Gasteiger partial charge in [-0.1, -0.05) is 31.9 Å². The summed E-state index contributed by atoms with van der Waals surface area (Å²) >= 11 is 0. The summed E-state index contributed by atoms with van der Waals surface area (Å²) in [5, 5.41) is 12.8. The fourth-order valence-electron chi connectivity index (χ4n) is 2.20. The number of hydrogen-bond acceptors (Lipinski definition) is 2. The smallest absolute Gasteiger partial charge is 0.251 e. The highest BCUT2D eigenvalue weighted by molar-refractivity contribution is 5.96. The van der Waals surface area contributed by atoms with Crippen molar-refractivity contribution in [3.05, 3.63) is 34.9 Å². The molecule has 0 bridgehead atoms. The minimum Gasteiger partial charge on any atom is -0.388 e. The zero-order valence-electron chi connectivity index (χ0n) is 10.2. The van der Waals surface area contributed by atoms with Crippen molar-refractivity contribution >= 4 is 5.91 Å². The van der Waals surface area contributed by atoms with Gasteiger partial charge in [0, 0.05) is 12.1 Å². The van der Waals surface area contributed by atoms with Gasteiger partial charge in [0.05, 0.1) is 6.10 Å². The van der Waals surface area contributed by atoms with Gasteiger partial charge in [-0.05, 0) is 30.0 Å². The molecule has 1 amide bonds. The van der Waals surface area contributed by atoms with Gasteiger partial charge in [-0.25, -0.2) is 0 Å². The normalized spacial score (nSPS) is 16.2. The molecule has 3 heteroatoms. The largest absolute Gasteiger partial charge is 0.388 e. The van der Waals surface area contributed by atoms with Crippen LogP contribution in [-0.4, -0.2) is 17.6 Å². The highest BCUT2D eigenvalue weighted by Crippen LogP contribution is 2.23. The number of benzene rings is 1. The maximum atomic E-state index is 11.7. The summed E-state index contributed by atoms with van der Waals surface area (Å²) in [7, 11) is 0. The molecule has 2 N–H and O–H groups in total. The summed E-state index contributed by atoms with van der Waals surface area (Å²) in [4.78, 5) is 11.7. The summed E-state index contributed by atoms with van der Waals surface area (Å²) in [5.41, 5.74) is 2.67. The van der Waals surface area contributed by atoms with Gasteiger partial charge in [-0.2, -0.15) is 0 Å². The van der Waals surface area contributed by atoms with E-state index in [1.54, 1.807) is 0 Å². The maximum Gasteiger partial charge on any atom is 0.251 e. The number of rotatable bonds is 4. The zero-order chi connectivity index (χ0) is 12.3. The average molecular weight is 233 g/mol. The van der Waals surface area contributed by atoms with Crippen LogP contribution in [0.3, 0.4) is 0 Å². The van der Waals surface area contributed by atoms with Gasteiger partial charge in [0.25, 0.3) is 5.91 Å². The molecule has 0 saturated carbocycles. The van der Waals surface area contributed by atoms with Crippen LogP contribution in [0.4, 0.5) is 0 Å². The quantitative estimate of drug-likeness (QED) is 0.837. The first-order valence-electron chi connectivity index (χ1n) is 6.31. The van der Waals surface area contributed by atoms with E-state index in [1.807, 2.05) is 18.2 Å². The lowest BCUT2D eigenvalue weighted by Gasteiger charge is -2.19. The number of aliphatic hydroxyl groups excluding tert-OH is 1. The first-order chi connectivity index (χ1) is 8.22. The van der Waals surface area contributed by atoms with Gasteiger partial charge in [-0.3, -0.25) is 4.79 Å². The Morgan fingerprint density at radius 1 is 1.47 bits per heavy atom. The number of nitrogens with one attached hydrogen (secondary N) is 1. The van der Waals surface area contributed by atoms with E-state index in [1.165, 1.54) is 0 Å². The average Bonchev–Trinajstić information content (AvgIpc) is 2.36. The van der Waals surface area contributed by atoms with Gasteiger partial charge in [-0.15, -0.1) is 0 Å². The molecule has 2 rings (SSSR count). The second-order valence-corrected chi connectivity index (χ2v) is 4.58. The Kier molecular flexibility index (Phi) is 3.79. The van der Waals surface area contributed by atoms with Gasteiger partial charge in [0.15, 0.2) is 0 Å². The van der Waals surface area contributed by atoms with Crippen molar-refractivity contribution in [1.82, 2.24) is 5.32 Å². The van der Waals surface area contributed by atoms with Crippen molar-refractivity contribution < 1.29 is 9.90 Å². The third-order valence-corrected chi connectivity index (χ3v) is 3.27. The van der Waals surface area contributed by atoms with Crippen LogP contribution in [0.25, 0.3) is 0 Å². The van der Waals surface area contributed by atoms with Crippen LogP contribution in [0.1, 0.15) is 53.8 Å². The first-order valence-corrected chi connectivity index (χ1v) is 6.31. The van der Waals surface area contributed by atoms with Crippen LogP contribution in [0, 0.1) is 0 Å².